The molecule has 1 atom stereocenters. The van der Waals surface area contributed by atoms with Crippen LogP contribution in [-0.4, -0.2) is 26.6 Å². The van der Waals surface area contributed by atoms with E-state index < -0.39 is 30.2 Å². The smallest absolute Gasteiger partial charge is 0.418 e. The lowest BCUT2D eigenvalue weighted by Crippen LogP contribution is -2.52. The summed E-state index contributed by atoms with van der Waals surface area (Å²) in [5.41, 5.74) is -1.52. The van der Waals surface area contributed by atoms with Gasteiger partial charge in [-0.2, -0.15) is 18.4 Å². The van der Waals surface area contributed by atoms with Crippen molar-refractivity contribution in [3.8, 4) is 11.8 Å². The Bertz CT molecular complexity index is 1170. The maximum absolute atomic E-state index is 14.2. The van der Waals surface area contributed by atoms with Crippen LogP contribution in [0.2, 0.25) is 0 Å². The molecule has 1 unspecified atom stereocenters. The predicted octanol–water partition coefficient (Wildman–Crippen LogP) is 5.50. The molecule has 0 radical (unpaired) electrons. The average molecular weight is 430 g/mol. The lowest BCUT2D eigenvalue weighted by atomic mass is 9.74. The van der Waals surface area contributed by atoms with Gasteiger partial charge in [-0.3, -0.25) is 0 Å². The van der Waals surface area contributed by atoms with Crippen molar-refractivity contribution in [2.45, 2.75) is 57.9 Å². The highest BCUT2D eigenvalue weighted by molar-refractivity contribution is 5.85. The standard InChI is InChI=1S/C24H25F3N2O2/c1-15-5-6-21(30)19(9-15)22(3,4)13-23(31,24(25,26)27)14-29-8-7-18-16(2)10-17(12-28)11-20(18)29/h5-11,30-31H,13-14H2,1-4H3. The predicted molar refractivity (Wildman–Crippen MR) is 113 cm³/mol. The van der Waals surface area contributed by atoms with E-state index in [1.807, 2.05) is 6.07 Å². The normalized spacial score (nSPS) is 14.4. The van der Waals surface area contributed by atoms with Crippen LogP contribution in [0.4, 0.5) is 13.2 Å². The fourth-order valence-corrected chi connectivity index (χ4v) is 4.23. The van der Waals surface area contributed by atoms with Gasteiger partial charge in [-0.1, -0.05) is 31.5 Å². The Morgan fingerprint density at radius 2 is 1.74 bits per heavy atom. The Morgan fingerprint density at radius 1 is 1.06 bits per heavy atom. The molecule has 0 bridgehead atoms. The monoisotopic (exact) mass is 430 g/mol. The summed E-state index contributed by atoms with van der Waals surface area (Å²) in [6.45, 7) is 5.99. The number of phenols is 1. The molecule has 0 aliphatic carbocycles. The second-order valence-electron chi connectivity index (χ2n) is 8.89. The van der Waals surface area contributed by atoms with E-state index in [1.165, 1.54) is 22.9 Å². The van der Waals surface area contributed by atoms with Gasteiger partial charge in [-0.25, -0.2) is 0 Å². The molecule has 2 aromatic carbocycles. The third-order valence-corrected chi connectivity index (χ3v) is 5.80. The minimum absolute atomic E-state index is 0.110. The summed E-state index contributed by atoms with van der Waals surface area (Å²) in [6, 6.07) is 11.7. The highest BCUT2D eigenvalue weighted by Gasteiger charge is 2.56. The van der Waals surface area contributed by atoms with Crippen LogP contribution in [0.15, 0.2) is 42.6 Å². The number of rotatable bonds is 5. The van der Waals surface area contributed by atoms with Crippen molar-refractivity contribution in [2.75, 3.05) is 0 Å². The minimum atomic E-state index is -4.91. The number of halogens is 3. The van der Waals surface area contributed by atoms with E-state index in [-0.39, 0.29) is 5.75 Å². The summed E-state index contributed by atoms with van der Waals surface area (Å²) in [5, 5.41) is 31.1. The molecule has 164 valence electrons. The average Bonchev–Trinajstić information content (AvgIpc) is 3.05. The van der Waals surface area contributed by atoms with E-state index in [9.17, 15) is 28.6 Å². The van der Waals surface area contributed by atoms with Crippen molar-refractivity contribution in [1.29, 1.82) is 5.26 Å². The molecular formula is C24H25F3N2O2. The summed E-state index contributed by atoms with van der Waals surface area (Å²) in [4.78, 5) is 0. The van der Waals surface area contributed by atoms with Gasteiger partial charge in [0.1, 0.15) is 5.75 Å². The molecule has 0 spiro atoms. The van der Waals surface area contributed by atoms with Crippen molar-refractivity contribution in [3.63, 3.8) is 0 Å². The maximum Gasteiger partial charge on any atom is 0.418 e. The third kappa shape index (κ3) is 4.26. The maximum atomic E-state index is 14.2. The highest BCUT2D eigenvalue weighted by Crippen LogP contribution is 2.44. The zero-order chi connectivity index (χ0) is 23.2. The Balaban J connectivity index is 2.07. The number of hydrogen-bond donors (Lipinski definition) is 2. The van der Waals surface area contributed by atoms with Crippen molar-refractivity contribution in [3.05, 3.63) is 64.8 Å². The molecule has 3 aromatic rings. The van der Waals surface area contributed by atoms with Gasteiger partial charge in [0, 0.05) is 17.1 Å². The van der Waals surface area contributed by atoms with Crippen molar-refractivity contribution in [2.24, 2.45) is 0 Å². The van der Waals surface area contributed by atoms with Crippen LogP contribution in [-0.2, 0) is 12.0 Å². The van der Waals surface area contributed by atoms with E-state index in [4.69, 9.17) is 0 Å². The van der Waals surface area contributed by atoms with Crippen LogP contribution in [0.1, 0.15) is 42.5 Å². The number of phenolic OH excluding ortho intramolecular Hbond substituents is 1. The van der Waals surface area contributed by atoms with Gasteiger partial charge >= 0.3 is 6.18 Å². The van der Waals surface area contributed by atoms with Gasteiger partial charge in [0.25, 0.3) is 0 Å². The molecule has 2 N–H and O–H groups in total. The molecule has 0 saturated heterocycles. The number of nitrogens with zero attached hydrogens (tertiary/aromatic N) is 2. The van der Waals surface area contributed by atoms with Crippen molar-refractivity contribution in [1.82, 2.24) is 4.57 Å². The van der Waals surface area contributed by atoms with Gasteiger partial charge in [-0.15, -0.1) is 0 Å². The van der Waals surface area contributed by atoms with E-state index in [2.05, 4.69) is 0 Å². The van der Waals surface area contributed by atoms with Gasteiger partial charge in [-0.05, 0) is 61.1 Å². The first kappa shape index (κ1) is 22.7. The topological polar surface area (TPSA) is 69.2 Å². The van der Waals surface area contributed by atoms with Crippen molar-refractivity contribution < 1.29 is 23.4 Å². The lowest BCUT2D eigenvalue weighted by molar-refractivity contribution is -0.271. The fraction of sp³-hybridized carbons (Fsp3) is 0.375. The van der Waals surface area contributed by atoms with Gasteiger partial charge in [0.15, 0.2) is 5.60 Å². The first-order chi connectivity index (χ1) is 14.3. The molecule has 0 aliphatic rings. The summed E-state index contributed by atoms with van der Waals surface area (Å²) in [5.74, 6) is -0.110. The first-order valence-corrected chi connectivity index (χ1v) is 9.86. The number of aliphatic hydroxyl groups is 1. The lowest BCUT2D eigenvalue weighted by Gasteiger charge is -2.38. The van der Waals surface area contributed by atoms with Crippen LogP contribution < -0.4 is 0 Å². The number of nitriles is 1. The van der Waals surface area contributed by atoms with Crippen LogP contribution >= 0.6 is 0 Å². The molecule has 0 amide bonds. The summed E-state index contributed by atoms with van der Waals surface area (Å²) >= 11 is 0. The molecule has 1 heterocycles. The van der Waals surface area contributed by atoms with Crippen molar-refractivity contribution >= 4 is 10.9 Å². The minimum Gasteiger partial charge on any atom is -0.508 e. The third-order valence-electron chi connectivity index (χ3n) is 5.80. The largest absolute Gasteiger partial charge is 0.508 e. The summed E-state index contributed by atoms with van der Waals surface area (Å²) < 4.78 is 43.8. The van der Waals surface area contributed by atoms with Crippen LogP contribution in [0, 0.1) is 25.2 Å². The Morgan fingerprint density at radius 3 is 2.35 bits per heavy atom. The molecule has 0 aliphatic heterocycles. The zero-order valence-corrected chi connectivity index (χ0v) is 17.9. The molecule has 3 rings (SSSR count). The highest BCUT2D eigenvalue weighted by atomic mass is 19.4. The van der Waals surface area contributed by atoms with E-state index in [0.29, 0.717) is 16.6 Å². The second kappa shape index (κ2) is 7.61. The van der Waals surface area contributed by atoms with E-state index in [1.54, 1.807) is 52.0 Å². The number of benzene rings is 2. The van der Waals surface area contributed by atoms with Crippen LogP contribution in [0.3, 0.4) is 0 Å². The molecule has 1 aromatic heterocycles. The number of alkyl halides is 3. The number of aryl methyl sites for hydroxylation is 2. The van der Waals surface area contributed by atoms with E-state index >= 15 is 0 Å². The molecule has 31 heavy (non-hydrogen) atoms. The Kier molecular flexibility index (Phi) is 5.57. The summed E-state index contributed by atoms with van der Waals surface area (Å²) in [7, 11) is 0. The Labute approximate surface area is 179 Å². The van der Waals surface area contributed by atoms with Gasteiger partial charge in [0.05, 0.1) is 18.2 Å². The van der Waals surface area contributed by atoms with Gasteiger partial charge < -0.3 is 14.8 Å². The molecule has 0 fully saturated rings. The number of hydrogen-bond acceptors (Lipinski definition) is 3. The number of aromatic hydroxyl groups is 1. The molecule has 0 saturated carbocycles. The fourth-order valence-electron chi connectivity index (χ4n) is 4.23. The SMILES string of the molecule is Cc1ccc(O)c(C(C)(C)CC(O)(Cn2ccc3c(C)cc(C#N)cc32)C(F)(F)F)c1. The number of fused-ring (bicyclic) bond motifs is 1. The van der Waals surface area contributed by atoms with Crippen LogP contribution in [0.25, 0.3) is 10.9 Å². The molecule has 4 nitrogen and oxygen atoms in total. The van der Waals surface area contributed by atoms with Crippen LogP contribution in [0.5, 0.6) is 5.75 Å². The second-order valence-corrected chi connectivity index (χ2v) is 8.89. The Hall–Kier alpha value is -2.98. The molecule has 7 heteroatoms. The number of aromatic nitrogens is 1. The quantitative estimate of drug-likeness (QED) is 0.562. The van der Waals surface area contributed by atoms with Gasteiger partial charge in [0.2, 0.25) is 0 Å². The molecular weight excluding hydrogens is 405 g/mol. The zero-order valence-electron chi connectivity index (χ0n) is 17.9. The van der Waals surface area contributed by atoms with E-state index in [0.717, 1.165) is 16.5 Å². The first-order valence-electron chi connectivity index (χ1n) is 9.86. The summed E-state index contributed by atoms with van der Waals surface area (Å²) in [6.07, 6.45) is -4.08.